The van der Waals surface area contributed by atoms with Crippen molar-refractivity contribution in [1.82, 2.24) is 25.8 Å². The number of ether oxygens (including phenoxy) is 3. The van der Waals surface area contributed by atoms with Gasteiger partial charge in [-0.05, 0) is 23.5 Å². The number of likely N-dealkylation sites (tertiary alicyclic amines) is 1. The number of β-amino-alcohol motifs (C(OH)–C–C–N with tert-alkyl or cyclic N) is 1. The molecule has 1 aromatic carbocycles. The van der Waals surface area contributed by atoms with Crippen molar-refractivity contribution in [2.75, 3.05) is 52.7 Å². The Morgan fingerprint density at radius 3 is 2.23 bits per heavy atom. The summed E-state index contributed by atoms with van der Waals surface area (Å²) in [6.45, 7) is 9.45. The molecule has 0 radical (unpaired) electrons. The number of carbonyl (C=O) groups is 4. The van der Waals surface area contributed by atoms with Crippen molar-refractivity contribution in [3.8, 4) is 10.4 Å². The average Bonchev–Trinajstić information content (AvgIpc) is 3.63. The SMILES string of the molecule is Cc1ncsc1-c1ccc(CNC(=O)[C@@H]2C[C@H](O)CN2C(=O)C(NC(=O)CCOCCOCCOCCNC(=O)O)C(C)(C)C)cc1. The molecule has 1 aliphatic heterocycles. The number of nitrogens with one attached hydrogen (secondary N) is 3. The van der Waals surface area contributed by atoms with E-state index in [-0.39, 0.29) is 64.1 Å². The second kappa shape index (κ2) is 18.6. The minimum Gasteiger partial charge on any atom is -0.465 e. The second-order valence-electron chi connectivity index (χ2n) is 12.3. The van der Waals surface area contributed by atoms with Crippen molar-refractivity contribution < 1.29 is 43.6 Å². The number of aryl methyl sites for hydroxylation is 1. The molecule has 0 spiro atoms. The molecule has 3 rings (SSSR count). The molecule has 1 aromatic heterocycles. The van der Waals surface area contributed by atoms with Crippen molar-refractivity contribution in [3.05, 3.63) is 41.0 Å². The third-order valence-corrected chi connectivity index (χ3v) is 8.43. The molecule has 5 N–H and O–H groups in total. The number of amides is 4. The zero-order chi connectivity index (χ0) is 34.4. The van der Waals surface area contributed by atoms with Gasteiger partial charge in [-0.3, -0.25) is 14.4 Å². The zero-order valence-corrected chi connectivity index (χ0v) is 28.3. The topological polar surface area (TPSA) is 189 Å². The minimum absolute atomic E-state index is 0.00432. The lowest BCUT2D eigenvalue weighted by atomic mass is 9.85. The molecule has 1 aliphatic rings. The van der Waals surface area contributed by atoms with Crippen LogP contribution in [0.5, 0.6) is 0 Å². The van der Waals surface area contributed by atoms with Crippen LogP contribution in [-0.4, -0.2) is 115 Å². The fourth-order valence-electron chi connectivity index (χ4n) is 4.95. The van der Waals surface area contributed by atoms with Gasteiger partial charge in [-0.15, -0.1) is 11.3 Å². The molecule has 47 heavy (non-hydrogen) atoms. The van der Waals surface area contributed by atoms with Crippen LogP contribution >= 0.6 is 11.3 Å². The third kappa shape index (κ3) is 12.5. The van der Waals surface area contributed by atoms with Crippen LogP contribution in [0.3, 0.4) is 0 Å². The molecule has 15 heteroatoms. The fraction of sp³-hybridized carbons (Fsp3) is 0.594. The number of aliphatic hydroxyl groups excluding tert-OH is 1. The Kier molecular flexibility index (Phi) is 15.0. The standard InChI is InChI=1S/C32H47N5O9S/c1-21-27(47-20-35-21)23-7-5-22(6-8-23)18-34-29(40)25-17-24(38)19-37(25)30(41)28(32(2,3)4)36-26(39)9-11-44-13-15-46-16-14-45-12-10-33-31(42)43/h5-8,20,24-25,28,33,38H,9-19H2,1-4H3,(H,34,40)(H,36,39)(H,42,43)/t24-,25-,28?/m0/s1. The summed E-state index contributed by atoms with van der Waals surface area (Å²) < 4.78 is 16.1. The Hall–Kier alpha value is -3.63. The van der Waals surface area contributed by atoms with Gasteiger partial charge in [-0.2, -0.15) is 0 Å². The number of aliphatic hydroxyl groups is 1. The summed E-state index contributed by atoms with van der Waals surface area (Å²) in [6, 6.07) is 6.05. The number of aromatic nitrogens is 1. The molecule has 2 aromatic rings. The summed E-state index contributed by atoms with van der Waals surface area (Å²) in [5.74, 6) is -1.17. The normalized spacial score (nSPS) is 16.9. The summed E-state index contributed by atoms with van der Waals surface area (Å²) in [6.07, 6.45) is -1.83. The van der Waals surface area contributed by atoms with E-state index < -0.39 is 35.6 Å². The number of benzene rings is 1. The summed E-state index contributed by atoms with van der Waals surface area (Å²) in [5, 5.41) is 26.8. The summed E-state index contributed by atoms with van der Waals surface area (Å²) >= 11 is 1.57. The van der Waals surface area contributed by atoms with Gasteiger partial charge in [0.2, 0.25) is 17.7 Å². The first-order chi connectivity index (χ1) is 22.4. The Labute approximate surface area is 279 Å². The first-order valence-electron chi connectivity index (χ1n) is 15.6. The van der Waals surface area contributed by atoms with Gasteiger partial charge in [0.25, 0.3) is 0 Å². The minimum atomic E-state index is -1.10. The number of rotatable bonds is 18. The molecule has 0 bridgehead atoms. The number of thiazole rings is 1. The predicted octanol–water partition coefficient (Wildman–Crippen LogP) is 1.93. The quantitative estimate of drug-likeness (QED) is 0.146. The average molecular weight is 678 g/mol. The van der Waals surface area contributed by atoms with E-state index in [9.17, 15) is 24.3 Å². The van der Waals surface area contributed by atoms with Crippen molar-refractivity contribution in [2.45, 2.75) is 65.3 Å². The Morgan fingerprint density at radius 2 is 1.64 bits per heavy atom. The van der Waals surface area contributed by atoms with Crippen molar-refractivity contribution >= 4 is 35.2 Å². The molecule has 2 heterocycles. The van der Waals surface area contributed by atoms with Crippen molar-refractivity contribution in [2.24, 2.45) is 5.41 Å². The first-order valence-corrected chi connectivity index (χ1v) is 16.5. The molecule has 1 saturated heterocycles. The van der Waals surface area contributed by atoms with E-state index >= 15 is 0 Å². The molecule has 0 aliphatic carbocycles. The molecular weight excluding hydrogens is 630 g/mol. The maximum atomic E-state index is 13.8. The van der Waals surface area contributed by atoms with Gasteiger partial charge in [0.05, 0.1) is 61.8 Å². The predicted molar refractivity (Wildman–Crippen MR) is 175 cm³/mol. The Morgan fingerprint density at radius 1 is 1.00 bits per heavy atom. The third-order valence-electron chi connectivity index (χ3n) is 7.45. The molecular formula is C32H47N5O9S. The molecule has 0 saturated carbocycles. The smallest absolute Gasteiger partial charge is 0.404 e. The summed E-state index contributed by atoms with van der Waals surface area (Å²) in [7, 11) is 0. The highest BCUT2D eigenvalue weighted by atomic mass is 32.1. The fourth-order valence-corrected chi connectivity index (χ4v) is 5.76. The maximum absolute atomic E-state index is 13.8. The highest BCUT2D eigenvalue weighted by Gasteiger charge is 2.44. The van der Waals surface area contributed by atoms with E-state index in [1.807, 2.05) is 52.0 Å². The lowest BCUT2D eigenvalue weighted by Crippen LogP contribution is -2.57. The van der Waals surface area contributed by atoms with Gasteiger partial charge in [-0.1, -0.05) is 45.0 Å². The number of hydrogen-bond donors (Lipinski definition) is 5. The summed E-state index contributed by atoms with van der Waals surface area (Å²) in [4.78, 5) is 56.9. The van der Waals surface area contributed by atoms with E-state index in [2.05, 4.69) is 20.9 Å². The number of carbonyl (C=O) groups excluding carboxylic acids is 3. The number of hydrogen-bond acceptors (Lipinski definition) is 10. The van der Waals surface area contributed by atoms with E-state index in [4.69, 9.17) is 19.3 Å². The largest absolute Gasteiger partial charge is 0.465 e. The maximum Gasteiger partial charge on any atom is 0.404 e. The molecule has 260 valence electrons. The van der Waals surface area contributed by atoms with Crippen LogP contribution in [-0.2, 0) is 35.1 Å². The Balaban J connectivity index is 1.43. The highest BCUT2D eigenvalue weighted by Crippen LogP contribution is 2.28. The molecule has 1 unspecified atom stereocenters. The second-order valence-corrected chi connectivity index (χ2v) is 13.1. The van der Waals surface area contributed by atoms with Crippen LogP contribution in [0.1, 0.15) is 44.9 Å². The molecule has 3 atom stereocenters. The molecule has 1 fully saturated rings. The van der Waals surface area contributed by atoms with Crippen molar-refractivity contribution in [3.63, 3.8) is 0 Å². The van der Waals surface area contributed by atoms with Crippen LogP contribution < -0.4 is 16.0 Å². The Bertz CT molecular complexity index is 1310. The highest BCUT2D eigenvalue weighted by molar-refractivity contribution is 7.13. The van der Waals surface area contributed by atoms with E-state index in [0.29, 0.717) is 19.8 Å². The van der Waals surface area contributed by atoms with Gasteiger partial charge >= 0.3 is 6.09 Å². The number of nitrogens with zero attached hydrogens (tertiary/aromatic N) is 2. The lowest BCUT2D eigenvalue weighted by Gasteiger charge is -2.35. The van der Waals surface area contributed by atoms with Crippen LogP contribution in [0.15, 0.2) is 29.8 Å². The lowest BCUT2D eigenvalue weighted by molar-refractivity contribution is -0.144. The molecule has 4 amide bonds. The van der Waals surface area contributed by atoms with Gasteiger partial charge in [-0.25, -0.2) is 9.78 Å². The van der Waals surface area contributed by atoms with Crippen LogP contribution in [0, 0.1) is 12.3 Å². The first kappa shape index (κ1) is 37.8. The molecule has 14 nitrogen and oxygen atoms in total. The number of carboxylic acid groups (broad SMARTS) is 1. The van der Waals surface area contributed by atoms with Crippen LogP contribution in [0.4, 0.5) is 4.79 Å². The van der Waals surface area contributed by atoms with E-state index in [0.717, 1.165) is 21.7 Å². The van der Waals surface area contributed by atoms with Gasteiger partial charge in [0, 0.05) is 32.5 Å². The van der Waals surface area contributed by atoms with Crippen molar-refractivity contribution in [1.29, 1.82) is 0 Å². The van der Waals surface area contributed by atoms with Crippen LogP contribution in [0.25, 0.3) is 10.4 Å². The van der Waals surface area contributed by atoms with E-state index in [1.165, 1.54) is 4.90 Å². The van der Waals surface area contributed by atoms with E-state index in [1.54, 1.807) is 16.8 Å². The monoisotopic (exact) mass is 677 g/mol. The van der Waals surface area contributed by atoms with Crippen LogP contribution in [0.2, 0.25) is 0 Å². The van der Waals surface area contributed by atoms with Gasteiger partial charge in [0.1, 0.15) is 12.1 Å². The van der Waals surface area contributed by atoms with Gasteiger partial charge < -0.3 is 45.3 Å². The summed E-state index contributed by atoms with van der Waals surface area (Å²) in [5.41, 5.74) is 4.05. The van der Waals surface area contributed by atoms with Gasteiger partial charge in [0.15, 0.2) is 0 Å². The zero-order valence-electron chi connectivity index (χ0n) is 27.5.